The zero-order valence-corrected chi connectivity index (χ0v) is 12.9. The molecular formula is C17H21N3O3. The highest BCUT2D eigenvalue weighted by Gasteiger charge is 2.33. The number of hydrogen-bond donors (Lipinski definition) is 3. The molecule has 6 heteroatoms. The Balaban J connectivity index is 1.93. The van der Waals surface area contributed by atoms with E-state index in [1.807, 2.05) is 30.3 Å². The first-order valence-corrected chi connectivity index (χ1v) is 7.96. The number of urea groups is 1. The van der Waals surface area contributed by atoms with Crippen molar-refractivity contribution < 1.29 is 14.7 Å². The van der Waals surface area contributed by atoms with Crippen LogP contribution in [0.3, 0.4) is 0 Å². The average Bonchev–Trinajstić information content (AvgIpc) is 2.55. The quantitative estimate of drug-likeness (QED) is 0.792. The van der Waals surface area contributed by atoms with E-state index in [9.17, 15) is 14.7 Å². The Morgan fingerprint density at radius 3 is 2.52 bits per heavy atom. The monoisotopic (exact) mass is 315 g/mol. The molecule has 3 rings (SSSR count). The fraction of sp³-hybridized carbons (Fsp3) is 0.412. The fourth-order valence-corrected chi connectivity index (χ4v) is 3.23. The molecule has 1 unspecified atom stereocenters. The summed E-state index contributed by atoms with van der Waals surface area (Å²) in [7, 11) is 0. The molecule has 0 bridgehead atoms. The van der Waals surface area contributed by atoms with Crippen molar-refractivity contribution in [2.24, 2.45) is 0 Å². The molecule has 0 saturated carbocycles. The zero-order chi connectivity index (χ0) is 16.2. The van der Waals surface area contributed by atoms with Crippen LogP contribution in [0, 0.1) is 0 Å². The molecule has 2 aliphatic heterocycles. The molecule has 1 saturated heterocycles. The number of rotatable bonds is 4. The largest absolute Gasteiger partial charge is 0.478 e. The molecule has 6 nitrogen and oxygen atoms in total. The molecule has 2 heterocycles. The minimum Gasteiger partial charge on any atom is -0.478 e. The average molecular weight is 315 g/mol. The smallest absolute Gasteiger partial charge is 0.335 e. The number of likely N-dealkylation sites (tertiary alicyclic amines) is 1. The lowest BCUT2D eigenvalue weighted by atomic mass is 9.95. The van der Waals surface area contributed by atoms with Crippen molar-refractivity contribution in [3.63, 3.8) is 0 Å². The topological polar surface area (TPSA) is 81.7 Å². The lowest BCUT2D eigenvalue weighted by Gasteiger charge is -2.32. The van der Waals surface area contributed by atoms with Crippen LogP contribution in [0.25, 0.3) is 0 Å². The van der Waals surface area contributed by atoms with Crippen molar-refractivity contribution in [1.82, 2.24) is 15.5 Å². The van der Waals surface area contributed by atoms with Crippen LogP contribution >= 0.6 is 0 Å². The predicted molar refractivity (Wildman–Crippen MR) is 85.8 cm³/mol. The predicted octanol–water partition coefficient (Wildman–Crippen LogP) is 1.87. The normalized spacial score (nSPS) is 22.4. The van der Waals surface area contributed by atoms with Crippen molar-refractivity contribution in [3.8, 4) is 0 Å². The van der Waals surface area contributed by atoms with E-state index in [0.717, 1.165) is 31.5 Å². The Bertz CT molecular complexity index is 621. The molecule has 2 amide bonds. The first kappa shape index (κ1) is 15.6. The second kappa shape index (κ2) is 6.83. The SMILES string of the molecule is O=C1NC(CN2CCCCC2)=C(C(=O)O)C(c2ccccc2)N1. The highest BCUT2D eigenvalue weighted by molar-refractivity contribution is 5.94. The molecular weight excluding hydrogens is 294 g/mol. The number of amides is 2. The molecule has 0 radical (unpaired) electrons. The first-order valence-electron chi connectivity index (χ1n) is 7.96. The van der Waals surface area contributed by atoms with Gasteiger partial charge in [0.25, 0.3) is 0 Å². The maximum Gasteiger partial charge on any atom is 0.335 e. The molecule has 0 aliphatic carbocycles. The summed E-state index contributed by atoms with van der Waals surface area (Å²) in [6.45, 7) is 2.35. The number of carboxylic acids is 1. The van der Waals surface area contributed by atoms with Crippen molar-refractivity contribution in [1.29, 1.82) is 0 Å². The van der Waals surface area contributed by atoms with Gasteiger partial charge in [0, 0.05) is 12.2 Å². The van der Waals surface area contributed by atoms with E-state index in [-0.39, 0.29) is 11.6 Å². The van der Waals surface area contributed by atoms with Gasteiger partial charge in [-0.3, -0.25) is 4.90 Å². The molecule has 1 fully saturated rings. The summed E-state index contributed by atoms with van der Waals surface area (Å²) in [5, 5.41) is 15.1. The Kier molecular flexibility index (Phi) is 4.62. The summed E-state index contributed by atoms with van der Waals surface area (Å²) in [5.41, 5.74) is 1.49. The van der Waals surface area contributed by atoms with Crippen LogP contribution in [0.5, 0.6) is 0 Å². The Morgan fingerprint density at radius 2 is 1.87 bits per heavy atom. The first-order chi connectivity index (χ1) is 11.1. The van der Waals surface area contributed by atoms with E-state index in [1.54, 1.807) is 0 Å². The third kappa shape index (κ3) is 3.53. The number of nitrogens with one attached hydrogen (secondary N) is 2. The fourth-order valence-electron chi connectivity index (χ4n) is 3.23. The second-order valence-corrected chi connectivity index (χ2v) is 5.98. The van der Waals surface area contributed by atoms with Crippen LogP contribution in [0.15, 0.2) is 41.6 Å². The van der Waals surface area contributed by atoms with Crippen LogP contribution in [-0.4, -0.2) is 41.6 Å². The molecule has 23 heavy (non-hydrogen) atoms. The van der Waals surface area contributed by atoms with Crippen LogP contribution in [0.1, 0.15) is 30.9 Å². The van der Waals surface area contributed by atoms with Gasteiger partial charge in [-0.25, -0.2) is 9.59 Å². The summed E-state index contributed by atoms with van der Waals surface area (Å²) in [4.78, 5) is 26.0. The maximum absolute atomic E-state index is 12.0. The van der Waals surface area contributed by atoms with Crippen LogP contribution < -0.4 is 10.6 Å². The van der Waals surface area contributed by atoms with Crippen molar-refractivity contribution in [3.05, 3.63) is 47.2 Å². The Morgan fingerprint density at radius 1 is 1.17 bits per heavy atom. The van der Waals surface area contributed by atoms with Gasteiger partial charge in [0.05, 0.1) is 11.6 Å². The van der Waals surface area contributed by atoms with Gasteiger partial charge in [0.2, 0.25) is 0 Å². The summed E-state index contributed by atoms with van der Waals surface area (Å²) >= 11 is 0. The summed E-state index contributed by atoms with van der Waals surface area (Å²) < 4.78 is 0. The zero-order valence-electron chi connectivity index (χ0n) is 12.9. The van der Waals surface area contributed by atoms with Gasteiger partial charge in [-0.05, 0) is 31.5 Å². The lowest BCUT2D eigenvalue weighted by molar-refractivity contribution is -0.133. The minimum atomic E-state index is -1.00. The van der Waals surface area contributed by atoms with E-state index in [0.29, 0.717) is 12.2 Å². The van der Waals surface area contributed by atoms with Crippen molar-refractivity contribution in [2.45, 2.75) is 25.3 Å². The number of benzene rings is 1. The standard InChI is InChI=1S/C17H21N3O3/c21-16(22)14-13(11-20-9-5-2-6-10-20)18-17(23)19-15(14)12-7-3-1-4-8-12/h1,3-4,7-8,15H,2,5-6,9-11H2,(H,21,22)(H2,18,19,23). The molecule has 2 aliphatic rings. The van der Waals surface area contributed by atoms with Gasteiger partial charge in [0.15, 0.2) is 0 Å². The van der Waals surface area contributed by atoms with Crippen LogP contribution in [-0.2, 0) is 4.79 Å². The lowest BCUT2D eigenvalue weighted by Crippen LogP contribution is -2.48. The third-order valence-electron chi connectivity index (χ3n) is 4.35. The van der Waals surface area contributed by atoms with Crippen molar-refractivity contribution >= 4 is 12.0 Å². The van der Waals surface area contributed by atoms with E-state index in [2.05, 4.69) is 15.5 Å². The molecule has 1 aromatic carbocycles. The number of carbonyl (C=O) groups excluding carboxylic acids is 1. The van der Waals surface area contributed by atoms with Gasteiger partial charge in [-0.2, -0.15) is 0 Å². The number of carbonyl (C=O) groups is 2. The summed E-state index contributed by atoms with van der Waals surface area (Å²) in [6.07, 6.45) is 3.44. The molecule has 0 aromatic heterocycles. The summed E-state index contributed by atoms with van der Waals surface area (Å²) in [6, 6.07) is 8.24. The molecule has 3 N–H and O–H groups in total. The van der Waals surface area contributed by atoms with Gasteiger partial charge < -0.3 is 15.7 Å². The van der Waals surface area contributed by atoms with E-state index < -0.39 is 12.0 Å². The molecule has 0 spiro atoms. The highest BCUT2D eigenvalue weighted by Crippen LogP contribution is 2.27. The Hall–Kier alpha value is -2.34. The molecule has 1 atom stereocenters. The van der Waals surface area contributed by atoms with Crippen LogP contribution in [0.2, 0.25) is 0 Å². The number of piperidine rings is 1. The summed E-state index contributed by atoms with van der Waals surface area (Å²) in [5.74, 6) is -1.00. The number of carboxylic acid groups (broad SMARTS) is 1. The third-order valence-corrected chi connectivity index (χ3v) is 4.35. The van der Waals surface area contributed by atoms with E-state index in [4.69, 9.17) is 0 Å². The molecule has 122 valence electrons. The number of hydrogen-bond acceptors (Lipinski definition) is 3. The molecule has 1 aromatic rings. The van der Waals surface area contributed by atoms with Gasteiger partial charge in [-0.15, -0.1) is 0 Å². The van der Waals surface area contributed by atoms with E-state index in [1.165, 1.54) is 6.42 Å². The number of aliphatic carboxylic acids is 1. The van der Waals surface area contributed by atoms with Crippen LogP contribution in [0.4, 0.5) is 4.79 Å². The highest BCUT2D eigenvalue weighted by atomic mass is 16.4. The number of nitrogens with zero attached hydrogens (tertiary/aromatic N) is 1. The van der Waals surface area contributed by atoms with Gasteiger partial charge in [-0.1, -0.05) is 36.8 Å². The maximum atomic E-state index is 12.0. The van der Waals surface area contributed by atoms with Crippen molar-refractivity contribution in [2.75, 3.05) is 19.6 Å². The van der Waals surface area contributed by atoms with E-state index >= 15 is 0 Å². The van der Waals surface area contributed by atoms with Gasteiger partial charge >= 0.3 is 12.0 Å². The van der Waals surface area contributed by atoms with Gasteiger partial charge in [0.1, 0.15) is 0 Å². The second-order valence-electron chi connectivity index (χ2n) is 5.98. The Labute approximate surface area is 135 Å². The minimum absolute atomic E-state index is 0.223.